The van der Waals surface area contributed by atoms with Gasteiger partial charge in [-0.1, -0.05) is 12.1 Å². The first-order valence-electron chi connectivity index (χ1n) is 8.44. The van der Waals surface area contributed by atoms with Crippen molar-refractivity contribution in [2.75, 3.05) is 13.4 Å². The van der Waals surface area contributed by atoms with Crippen LogP contribution >= 0.6 is 0 Å². The molecule has 1 aromatic heterocycles. The number of hydrogen-bond donors (Lipinski definition) is 0. The zero-order chi connectivity index (χ0) is 18.5. The standard InChI is InChI=1S/C20H20N2O3S/c1-13-20(15-5-4-6-16(11-15)25-2)22-18-9-8-17(26(3,23)24)12-14(18)7-10-19(22)21-13/h4-6,8-9,11-12H,7,10H2,1-3H3. The molecule has 0 amide bonds. The number of hydrogen-bond acceptors (Lipinski definition) is 4. The number of benzene rings is 2. The van der Waals surface area contributed by atoms with Gasteiger partial charge in [0.25, 0.3) is 0 Å². The predicted molar refractivity (Wildman–Crippen MR) is 101 cm³/mol. The molecule has 0 spiro atoms. The quantitative estimate of drug-likeness (QED) is 0.711. The second kappa shape index (κ2) is 5.99. The summed E-state index contributed by atoms with van der Waals surface area (Å²) in [6.07, 6.45) is 2.81. The summed E-state index contributed by atoms with van der Waals surface area (Å²) in [5.74, 6) is 1.79. The first-order chi connectivity index (χ1) is 12.4. The molecule has 0 N–H and O–H groups in total. The summed E-state index contributed by atoms with van der Waals surface area (Å²) in [7, 11) is -1.57. The Bertz CT molecular complexity index is 1110. The van der Waals surface area contributed by atoms with Crippen LogP contribution in [0.4, 0.5) is 0 Å². The Morgan fingerprint density at radius 1 is 1.12 bits per heavy atom. The van der Waals surface area contributed by atoms with Gasteiger partial charge in [-0.05, 0) is 49.2 Å². The molecule has 0 saturated heterocycles. The molecule has 2 aromatic carbocycles. The minimum atomic E-state index is -3.22. The van der Waals surface area contributed by atoms with E-state index < -0.39 is 9.84 Å². The van der Waals surface area contributed by atoms with E-state index in [0.717, 1.165) is 52.6 Å². The van der Waals surface area contributed by atoms with E-state index in [9.17, 15) is 8.42 Å². The van der Waals surface area contributed by atoms with Crippen molar-refractivity contribution in [1.82, 2.24) is 9.55 Å². The number of aryl methyl sites for hydroxylation is 3. The zero-order valence-electron chi connectivity index (χ0n) is 15.0. The molecule has 2 heterocycles. The average Bonchev–Trinajstić information content (AvgIpc) is 2.96. The van der Waals surface area contributed by atoms with Crippen molar-refractivity contribution in [3.05, 3.63) is 59.5 Å². The molecule has 4 rings (SSSR count). The lowest BCUT2D eigenvalue weighted by Gasteiger charge is -2.21. The topological polar surface area (TPSA) is 61.2 Å². The molecule has 1 aliphatic rings. The van der Waals surface area contributed by atoms with E-state index in [1.807, 2.05) is 37.3 Å². The Kier molecular flexibility index (Phi) is 3.88. The number of rotatable bonds is 3. The van der Waals surface area contributed by atoms with Crippen LogP contribution < -0.4 is 4.74 Å². The van der Waals surface area contributed by atoms with Crippen LogP contribution in [0.2, 0.25) is 0 Å². The smallest absolute Gasteiger partial charge is 0.175 e. The van der Waals surface area contributed by atoms with Crippen LogP contribution in [0.25, 0.3) is 16.9 Å². The van der Waals surface area contributed by atoms with Crippen LogP contribution in [0.1, 0.15) is 17.1 Å². The van der Waals surface area contributed by atoms with E-state index in [0.29, 0.717) is 4.90 Å². The van der Waals surface area contributed by atoms with Crippen LogP contribution in [0.3, 0.4) is 0 Å². The molecule has 26 heavy (non-hydrogen) atoms. The van der Waals surface area contributed by atoms with Crippen molar-refractivity contribution in [2.45, 2.75) is 24.7 Å². The van der Waals surface area contributed by atoms with E-state index >= 15 is 0 Å². The number of methoxy groups -OCH3 is 1. The summed E-state index contributed by atoms with van der Waals surface area (Å²) >= 11 is 0. The molecule has 3 aromatic rings. The Morgan fingerprint density at radius 2 is 1.92 bits per heavy atom. The molecule has 0 aliphatic carbocycles. The van der Waals surface area contributed by atoms with Crippen molar-refractivity contribution in [3.63, 3.8) is 0 Å². The van der Waals surface area contributed by atoms with Gasteiger partial charge in [-0.3, -0.25) is 4.57 Å². The van der Waals surface area contributed by atoms with E-state index in [4.69, 9.17) is 9.72 Å². The average molecular weight is 368 g/mol. The van der Waals surface area contributed by atoms with E-state index in [2.05, 4.69) is 4.57 Å². The van der Waals surface area contributed by atoms with Crippen LogP contribution in [0, 0.1) is 6.92 Å². The largest absolute Gasteiger partial charge is 0.497 e. The van der Waals surface area contributed by atoms with Crippen molar-refractivity contribution >= 4 is 9.84 Å². The monoisotopic (exact) mass is 368 g/mol. The molecule has 1 aliphatic heterocycles. The molecule has 0 radical (unpaired) electrons. The fourth-order valence-corrected chi connectivity index (χ4v) is 4.25. The van der Waals surface area contributed by atoms with Gasteiger partial charge in [0.2, 0.25) is 0 Å². The summed E-state index contributed by atoms with van der Waals surface area (Å²) in [6.45, 7) is 2.00. The summed E-state index contributed by atoms with van der Waals surface area (Å²) < 4.78 is 31.3. The van der Waals surface area contributed by atoms with Crippen LogP contribution in [0.15, 0.2) is 47.4 Å². The molecule has 0 bridgehead atoms. The first-order valence-corrected chi connectivity index (χ1v) is 10.3. The molecule has 0 atom stereocenters. The first kappa shape index (κ1) is 16.8. The van der Waals surface area contributed by atoms with Gasteiger partial charge in [0.05, 0.1) is 29.1 Å². The maximum atomic E-state index is 11.9. The Morgan fingerprint density at radius 3 is 2.65 bits per heavy atom. The molecule has 6 heteroatoms. The van der Waals surface area contributed by atoms with E-state index in [1.165, 1.54) is 6.26 Å². The van der Waals surface area contributed by atoms with Crippen LogP contribution in [-0.2, 0) is 22.7 Å². The van der Waals surface area contributed by atoms with Crippen LogP contribution in [0.5, 0.6) is 5.75 Å². The molecule has 0 saturated carbocycles. The Balaban J connectivity index is 1.94. The fourth-order valence-electron chi connectivity index (χ4n) is 3.58. The predicted octanol–water partition coefficient (Wildman–Crippen LogP) is 3.36. The van der Waals surface area contributed by atoms with Gasteiger partial charge in [-0.15, -0.1) is 0 Å². The highest BCUT2D eigenvalue weighted by molar-refractivity contribution is 7.90. The molecule has 134 valence electrons. The van der Waals surface area contributed by atoms with E-state index in [1.54, 1.807) is 19.2 Å². The third-order valence-electron chi connectivity index (χ3n) is 4.80. The summed E-state index contributed by atoms with van der Waals surface area (Å²) in [6, 6.07) is 13.3. The summed E-state index contributed by atoms with van der Waals surface area (Å²) in [4.78, 5) is 5.12. The highest BCUT2D eigenvalue weighted by Crippen LogP contribution is 2.35. The van der Waals surface area contributed by atoms with Crippen molar-refractivity contribution < 1.29 is 13.2 Å². The minimum Gasteiger partial charge on any atom is -0.497 e. The minimum absolute atomic E-state index is 0.361. The lowest BCUT2D eigenvalue weighted by Crippen LogP contribution is -2.14. The third kappa shape index (κ3) is 2.70. The Labute approximate surface area is 153 Å². The van der Waals surface area contributed by atoms with Crippen molar-refractivity contribution in [1.29, 1.82) is 0 Å². The lowest BCUT2D eigenvalue weighted by atomic mass is 10.0. The molecule has 0 fully saturated rings. The number of fused-ring (bicyclic) bond motifs is 3. The van der Waals surface area contributed by atoms with Gasteiger partial charge >= 0.3 is 0 Å². The maximum absolute atomic E-state index is 11.9. The van der Waals surface area contributed by atoms with Gasteiger partial charge in [-0.2, -0.15) is 0 Å². The Hall–Kier alpha value is -2.60. The molecule has 5 nitrogen and oxygen atoms in total. The molecular formula is C20H20N2O3S. The molecular weight excluding hydrogens is 348 g/mol. The van der Waals surface area contributed by atoms with Crippen molar-refractivity contribution in [2.24, 2.45) is 0 Å². The fraction of sp³-hybridized carbons (Fsp3) is 0.250. The highest BCUT2D eigenvalue weighted by Gasteiger charge is 2.24. The van der Waals surface area contributed by atoms with Gasteiger partial charge in [0, 0.05) is 18.2 Å². The number of imidazole rings is 1. The number of aromatic nitrogens is 2. The number of sulfone groups is 1. The maximum Gasteiger partial charge on any atom is 0.175 e. The van der Waals surface area contributed by atoms with Gasteiger partial charge in [0.1, 0.15) is 11.6 Å². The highest BCUT2D eigenvalue weighted by atomic mass is 32.2. The lowest BCUT2D eigenvalue weighted by molar-refractivity contribution is 0.415. The van der Waals surface area contributed by atoms with E-state index in [-0.39, 0.29) is 0 Å². The third-order valence-corrected chi connectivity index (χ3v) is 5.91. The van der Waals surface area contributed by atoms with Gasteiger partial charge in [-0.25, -0.2) is 13.4 Å². The summed E-state index contributed by atoms with van der Waals surface area (Å²) in [5, 5.41) is 0. The van der Waals surface area contributed by atoms with Gasteiger partial charge in [0.15, 0.2) is 9.84 Å². The SMILES string of the molecule is COc1cccc(-c2c(C)nc3n2-c2ccc(S(C)(=O)=O)cc2CC3)c1. The second-order valence-corrected chi connectivity index (χ2v) is 8.61. The van der Waals surface area contributed by atoms with Crippen molar-refractivity contribution in [3.8, 4) is 22.7 Å². The van der Waals surface area contributed by atoms with Crippen LogP contribution in [-0.4, -0.2) is 31.3 Å². The number of ether oxygens (including phenoxy) is 1. The summed E-state index contributed by atoms with van der Waals surface area (Å²) in [5.41, 5.74) is 5.03. The number of nitrogens with zero attached hydrogens (tertiary/aromatic N) is 2. The zero-order valence-corrected chi connectivity index (χ0v) is 15.8. The second-order valence-electron chi connectivity index (χ2n) is 6.59. The molecule has 0 unspecified atom stereocenters. The normalized spacial score (nSPS) is 13.2. The van der Waals surface area contributed by atoms with Gasteiger partial charge < -0.3 is 4.74 Å².